The molecule has 0 bridgehead atoms. The number of carboxylic acids is 1. The number of aliphatic carboxylic acids is 1. The second-order valence-corrected chi connectivity index (χ2v) is 5.78. The number of carboxylic acid groups (broad SMARTS) is 1. The molecule has 1 aromatic rings. The van der Waals surface area contributed by atoms with E-state index in [1.165, 1.54) is 13.1 Å². The van der Waals surface area contributed by atoms with E-state index in [1.54, 1.807) is 18.2 Å². The molecule has 19 heavy (non-hydrogen) atoms. The number of carbonyl (C=O) groups is 1. The Labute approximate surface area is 111 Å². The summed E-state index contributed by atoms with van der Waals surface area (Å²) < 4.78 is 26.7. The number of hydrogen-bond donors (Lipinski definition) is 3. The Balaban J connectivity index is 2.60. The number of benzene rings is 1. The molecule has 0 radical (unpaired) electrons. The molecule has 0 heterocycles. The van der Waals surface area contributed by atoms with Crippen molar-refractivity contribution < 1.29 is 23.4 Å². The van der Waals surface area contributed by atoms with Crippen LogP contribution in [0.15, 0.2) is 24.3 Å². The van der Waals surface area contributed by atoms with Crippen LogP contribution in [0.4, 0.5) is 0 Å². The maximum atomic E-state index is 11.8. The largest absolute Gasteiger partial charge is 0.508 e. The molecule has 0 aliphatic carbocycles. The van der Waals surface area contributed by atoms with Crippen molar-refractivity contribution in [1.29, 1.82) is 0 Å². The summed E-state index contributed by atoms with van der Waals surface area (Å²) in [6.07, 6.45) is -0.270. The molecule has 0 atom stereocenters. The van der Waals surface area contributed by atoms with Gasteiger partial charge in [-0.1, -0.05) is 18.2 Å². The highest BCUT2D eigenvalue weighted by molar-refractivity contribution is 7.87. The van der Waals surface area contributed by atoms with Crippen LogP contribution in [0.5, 0.6) is 5.75 Å². The predicted molar refractivity (Wildman–Crippen MR) is 68.7 cm³/mol. The van der Waals surface area contributed by atoms with Crippen molar-refractivity contribution in [2.45, 2.75) is 13.0 Å². The first-order valence-electron chi connectivity index (χ1n) is 5.52. The molecule has 0 unspecified atom stereocenters. The van der Waals surface area contributed by atoms with Crippen LogP contribution in [-0.2, 0) is 21.5 Å². The van der Waals surface area contributed by atoms with Gasteiger partial charge in [0, 0.05) is 25.7 Å². The Hall–Kier alpha value is -1.64. The van der Waals surface area contributed by atoms with E-state index >= 15 is 0 Å². The normalized spacial score (nSPS) is 11.7. The van der Waals surface area contributed by atoms with E-state index in [4.69, 9.17) is 5.11 Å². The second kappa shape index (κ2) is 6.50. The zero-order valence-electron chi connectivity index (χ0n) is 10.4. The SMILES string of the molecule is CN(CCC(=O)O)S(=O)(=O)NCc1ccccc1O. The van der Waals surface area contributed by atoms with Crippen molar-refractivity contribution >= 4 is 16.2 Å². The van der Waals surface area contributed by atoms with Crippen molar-refractivity contribution in [3.05, 3.63) is 29.8 Å². The number of nitrogens with one attached hydrogen (secondary N) is 1. The zero-order chi connectivity index (χ0) is 14.5. The Bertz CT molecular complexity index is 544. The number of aromatic hydroxyl groups is 1. The summed E-state index contributed by atoms with van der Waals surface area (Å²) >= 11 is 0. The molecular weight excluding hydrogens is 272 g/mol. The van der Waals surface area contributed by atoms with Gasteiger partial charge < -0.3 is 10.2 Å². The Morgan fingerprint density at radius 1 is 1.37 bits per heavy atom. The van der Waals surface area contributed by atoms with Crippen LogP contribution in [0, 0.1) is 0 Å². The summed E-state index contributed by atoms with van der Waals surface area (Å²) in [7, 11) is -2.47. The number of rotatable bonds is 7. The van der Waals surface area contributed by atoms with Gasteiger partial charge in [0.15, 0.2) is 0 Å². The fourth-order valence-corrected chi connectivity index (χ4v) is 2.20. The smallest absolute Gasteiger partial charge is 0.304 e. The predicted octanol–water partition coefficient (Wildman–Crippen LogP) is 0.133. The molecule has 8 heteroatoms. The zero-order valence-corrected chi connectivity index (χ0v) is 11.2. The molecule has 0 aliphatic rings. The molecule has 0 saturated carbocycles. The molecule has 0 amide bonds. The summed E-state index contributed by atoms with van der Waals surface area (Å²) in [5.41, 5.74) is 0.442. The van der Waals surface area contributed by atoms with E-state index in [9.17, 15) is 18.3 Å². The second-order valence-electron chi connectivity index (χ2n) is 3.92. The van der Waals surface area contributed by atoms with Gasteiger partial charge in [0.25, 0.3) is 10.2 Å². The number of phenolic OH excluding ortho intramolecular Hbond substituents is 1. The highest BCUT2D eigenvalue weighted by Crippen LogP contribution is 2.15. The number of para-hydroxylation sites is 1. The summed E-state index contributed by atoms with van der Waals surface area (Å²) in [6.45, 7) is -0.183. The van der Waals surface area contributed by atoms with Crippen LogP contribution in [0.25, 0.3) is 0 Å². The molecule has 0 aliphatic heterocycles. The van der Waals surface area contributed by atoms with Gasteiger partial charge in [0.1, 0.15) is 5.75 Å². The van der Waals surface area contributed by atoms with Gasteiger partial charge in [0.2, 0.25) is 0 Å². The molecule has 106 valence electrons. The minimum absolute atomic E-state index is 0.00149. The Morgan fingerprint density at radius 3 is 2.58 bits per heavy atom. The van der Waals surface area contributed by atoms with Gasteiger partial charge in [-0.15, -0.1) is 0 Å². The molecule has 0 aromatic heterocycles. The fourth-order valence-electron chi connectivity index (χ4n) is 1.31. The van der Waals surface area contributed by atoms with E-state index in [1.807, 2.05) is 0 Å². The first-order valence-corrected chi connectivity index (χ1v) is 6.96. The van der Waals surface area contributed by atoms with Crippen LogP contribution in [0.2, 0.25) is 0 Å². The lowest BCUT2D eigenvalue weighted by Gasteiger charge is -2.17. The third kappa shape index (κ3) is 4.86. The van der Waals surface area contributed by atoms with Crippen LogP contribution in [0.3, 0.4) is 0 Å². The van der Waals surface area contributed by atoms with Gasteiger partial charge in [-0.3, -0.25) is 4.79 Å². The molecule has 0 spiro atoms. The van der Waals surface area contributed by atoms with E-state index in [-0.39, 0.29) is 25.3 Å². The van der Waals surface area contributed by atoms with E-state index in [0.717, 1.165) is 4.31 Å². The summed E-state index contributed by atoms with van der Waals surface area (Å²) in [5, 5.41) is 18.0. The first kappa shape index (κ1) is 15.4. The van der Waals surface area contributed by atoms with Crippen molar-refractivity contribution in [3.8, 4) is 5.75 Å². The standard InChI is InChI=1S/C11H16N2O5S/c1-13(7-6-11(15)16)19(17,18)12-8-9-4-2-3-5-10(9)14/h2-5,12,14H,6-8H2,1H3,(H,15,16). The molecule has 0 saturated heterocycles. The molecule has 0 fully saturated rings. The van der Waals surface area contributed by atoms with Crippen molar-refractivity contribution in [2.75, 3.05) is 13.6 Å². The molecule has 1 aromatic carbocycles. The Morgan fingerprint density at radius 2 is 2.00 bits per heavy atom. The molecule has 3 N–H and O–H groups in total. The Kier molecular flexibility index (Phi) is 5.28. The quantitative estimate of drug-likeness (QED) is 0.661. The fraction of sp³-hybridized carbons (Fsp3) is 0.364. The maximum Gasteiger partial charge on any atom is 0.304 e. The minimum Gasteiger partial charge on any atom is -0.508 e. The third-order valence-corrected chi connectivity index (χ3v) is 4.00. The summed E-state index contributed by atoms with van der Waals surface area (Å²) in [6, 6.07) is 6.36. The van der Waals surface area contributed by atoms with E-state index in [0.29, 0.717) is 5.56 Å². The molecular formula is C11H16N2O5S. The summed E-state index contributed by atoms with van der Waals surface area (Å²) in [4.78, 5) is 10.4. The first-order chi connectivity index (χ1) is 8.83. The average molecular weight is 288 g/mol. The number of phenols is 1. The van der Waals surface area contributed by atoms with Crippen LogP contribution >= 0.6 is 0 Å². The monoisotopic (exact) mass is 288 g/mol. The van der Waals surface area contributed by atoms with Crippen LogP contribution in [0.1, 0.15) is 12.0 Å². The minimum atomic E-state index is -3.76. The molecule has 7 nitrogen and oxygen atoms in total. The highest BCUT2D eigenvalue weighted by Gasteiger charge is 2.18. The lowest BCUT2D eigenvalue weighted by Crippen LogP contribution is -2.38. The topological polar surface area (TPSA) is 107 Å². The maximum absolute atomic E-state index is 11.8. The average Bonchev–Trinajstić information content (AvgIpc) is 2.34. The van der Waals surface area contributed by atoms with Crippen molar-refractivity contribution in [1.82, 2.24) is 9.03 Å². The van der Waals surface area contributed by atoms with Gasteiger partial charge >= 0.3 is 5.97 Å². The highest BCUT2D eigenvalue weighted by atomic mass is 32.2. The van der Waals surface area contributed by atoms with Gasteiger partial charge in [0.05, 0.1) is 6.42 Å². The summed E-state index contributed by atoms with van der Waals surface area (Å²) in [5.74, 6) is -1.07. The lowest BCUT2D eigenvalue weighted by molar-refractivity contribution is -0.137. The third-order valence-electron chi connectivity index (χ3n) is 2.49. The van der Waals surface area contributed by atoms with E-state index < -0.39 is 16.2 Å². The van der Waals surface area contributed by atoms with Gasteiger partial charge in [-0.05, 0) is 6.07 Å². The van der Waals surface area contributed by atoms with Gasteiger partial charge in [-0.25, -0.2) is 0 Å². The van der Waals surface area contributed by atoms with E-state index in [2.05, 4.69) is 4.72 Å². The lowest BCUT2D eigenvalue weighted by atomic mass is 10.2. The van der Waals surface area contributed by atoms with Gasteiger partial charge in [-0.2, -0.15) is 17.4 Å². The number of nitrogens with zero attached hydrogens (tertiary/aromatic N) is 1. The van der Waals surface area contributed by atoms with Crippen molar-refractivity contribution in [3.63, 3.8) is 0 Å². The molecule has 1 rings (SSSR count). The van der Waals surface area contributed by atoms with Crippen LogP contribution < -0.4 is 4.72 Å². The van der Waals surface area contributed by atoms with Crippen LogP contribution in [-0.4, -0.2) is 42.5 Å². The number of hydrogen-bond acceptors (Lipinski definition) is 4. The van der Waals surface area contributed by atoms with Crippen molar-refractivity contribution in [2.24, 2.45) is 0 Å².